The van der Waals surface area contributed by atoms with Gasteiger partial charge in [0.25, 0.3) is 0 Å². The van der Waals surface area contributed by atoms with Crippen molar-refractivity contribution in [3.05, 3.63) is 89.1 Å². The van der Waals surface area contributed by atoms with Gasteiger partial charge in [0.1, 0.15) is 29.8 Å². The molecule has 3 aromatic carbocycles. The number of benzene rings is 3. The fourth-order valence-electron chi connectivity index (χ4n) is 3.76. The van der Waals surface area contributed by atoms with Crippen LogP contribution in [0, 0.1) is 0 Å². The highest BCUT2D eigenvalue weighted by atomic mass is 16.5. The van der Waals surface area contributed by atoms with E-state index >= 15 is 0 Å². The molecule has 4 aromatic rings. The largest absolute Gasteiger partial charge is 0.491 e. The Morgan fingerprint density at radius 3 is 2.34 bits per heavy atom. The average Bonchev–Trinajstić information content (AvgIpc) is 3.67. The van der Waals surface area contributed by atoms with Crippen molar-refractivity contribution >= 4 is 11.0 Å². The van der Waals surface area contributed by atoms with Crippen molar-refractivity contribution in [2.24, 2.45) is 0 Å². The highest BCUT2D eigenvalue weighted by Gasteiger charge is 2.22. The smallest absolute Gasteiger partial charge is 0.201 e. The summed E-state index contributed by atoms with van der Waals surface area (Å²) in [6.45, 7) is 0.676. The van der Waals surface area contributed by atoms with Crippen LogP contribution < -0.4 is 15.5 Å². The summed E-state index contributed by atoms with van der Waals surface area (Å²) in [5, 5.41) is 13.9. The summed E-state index contributed by atoms with van der Waals surface area (Å²) in [5.74, 6) is 1.08. The molecule has 0 amide bonds. The van der Waals surface area contributed by atoms with Gasteiger partial charge in [-0.05, 0) is 30.5 Å². The van der Waals surface area contributed by atoms with Gasteiger partial charge in [0.15, 0.2) is 0 Å². The molecular weight excluding hydrogens is 402 g/mol. The van der Waals surface area contributed by atoms with Gasteiger partial charge in [-0.25, -0.2) is 0 Å². The number of hydrogen-bond donors (Lipinski definition) is 2. The Labute approximate surface area is 186 Å². The van der Waals surface area contributed by atoms with Crippen molar-refractivity contribution in [2.45, 2.75) is 25.0 Å². The van der Waals surface area contributed by atoms with E-state index in [0.29, 0.717) is 40.6 Å². The lowest BCUT2D eigenvalue weighted by atomic mass is 9.98. The highest BCUT2D eigenvalue weighted by Crippen LogP contribution is 2.33. The minimum Gasteiger partial charge on any atom is -0.491 e. The Kier molecular flexibility index (Phi) is 5.75. The Morgan fingerprint density at radius 2 is 1.66 bits per heavy atom. The van der Waals surface area contributed by atoms with E-state index in [1.54, 1.807) is 18.2 Å². The molecule has 1 aromatic heterocycles. The number of aliphatic hydroxyl groups excluding tert-OH is 1. The lowest BCUT2D eigenvalue weighted by molar-refractivity contribution is 0.106. The number of hydrogen-bond acceptors (Lipinski definition) is 5. The zero-order valence-corrected chi connectivity index (χ0v) is 17.7. The predicted octanol–water partition coefficient (Wildman–Crippen LogP) is 4.62. The van der Waals surface area contributed by atoms with Gasteiger partial charge in [0, 0.05) is 24.2 Å². The minimum atomic E-state index is -0.598. The molecule has 0 radical (unpaired) electrons. The second-order valence-electron chi connectivity index (χ2n) is 8.17. The molecule has 1 fully saturated rings. The maximum atomic E-state index is 13.5. The molecule has 1 heterocycles. The van der Waals surface area contributed by atoms with Crippen LogP contribution in [0.2, 0.25) is 0 Å². The molecule has 5 nitrogen and oxygen atoms in total. The van der Waals surface area contributed by atoms with Gasteiger partial charge in [-0.2, -0.15) is 0 Å². The number of rotatable bonds is 8. The quantitative estimate of drug-likeness (QED) is 0.429. The molecule has 0 spiro atoms. The monoisotopic (exact) mass is 427 g/mol. The Bertz CT molecular complexity index is 1260. The summed E-state index contributed by atoms with van der Waals surface area (Å²) < 4.78 is 12.1. The molecule has 1 unspecified atom stereocenters. The van der Waals surface area contributed by atoms with Crippen LogP contribution in [0.3, 0.4) is 0 Å². The average molecular weight is 428 g/mol. The number of ether oxygens (including phenoxy) is 1. The molecular formula is C27H25NO4. The molecule has 5 rings (SSSR count). The molecule has 0 bridgehead atoms. The van der Waals surface area contributed by atoms with Gasteiger partial charge < -0.3 is 19.6 Å². The maximum Gasteiger partial charge on any atom is 0.201 e. The van der Waals surface area contributed by atoms with E-state index < -0.39 is 6.10 Å². The molecule has 162 valence electrons. The summed E-state index contributed by atoms with van der Waals surface area (Å²) in [4.78, 5) is 13.5. The van der Waals surface area contributed by atoms with Crippen molar-refractivity contribution in [1.29, 1.82) is 0 Å². The molecule has 0 aliphatic heterocycles. The third-order valence-electron chi connectivity index (χ3n) is 5.62. The van der Waals surface area contributed by atoms with E-state index in [0.717, 1.165) is 11.1 Å². The summed E-state index contributed by atoms with van der Waals surface area (Å²) >= 11 is 0. The molecule has 1 saturated carbocycles. The first-order valence-corrected chi connectivity index (χ1v) is 10.9. The topological polar surface area (TPSA) is 71.7 Å². The standard InChI is InChI=1S/C27H25NO4/c29-21(16-28-20-11-12-20)17-31-22-13-14-23-24(15-22)32-27(19-9-5-2-6-10-19)25(26(23)30)18-7-3-1-4-8-18/h1-10,13-15,20-21,28-29H,11-12,16-17H2. The summed E-state index contributed by atoms with van der Waals surface area (Å²) in [7, 11) is 0. The van der Waals surface area contributed by atoms with Crippen LogP contribution in [0.5, 0.6) is 5.75 Å². The van der Waals surface area contributed by atoms with Gasteiger partial charge in [-0.1, -0.05) is 60.7 Å². The Morgan fingerprint density at radius 1 is 0.969 bits per heavy atom. The highest BCUT2D eigenvalue weighted by molar-refractivity contribution is 5.89. The van der Waals surface area contributed by atoms with Gasteiger partial charge in [0.2, 0.25) is 5.43 Å². The third-order valence-corrected chi connectivity index (χ3v) is 5.62. The van der Waals surface area contributed by atoms with Crippen molar-refractivity contribution in [3.8, 4) is 28.2 Å². The predicted molar refractivity (Wildman–Crippen MR) is 126 cm³/mol. The van der Waals surface area contributed by atoms with Gasteiger partial charge >= 0.3 is 0 Å². The zero-order valence-electron chi connectivity index (χ0n) is 17.7. The van der Waals surface area contributed by atoms with Crippen LogP contribution in [-0.2, 0) is 0 Å². The second-order valence-corrected chi connectivity index (χ2v) is 8.17. The van der Waals surface area contributed by atoms with E-state index in [2.05, 4.69) is 5.32 Å². The van der Waals surface area contributed by atoms with Crippen LogP contribution in [0.4, 0.5) is 0 Å². The van der Waals surface area contributed by atoms with Gasteiger partial charge in [-0.15, -0.1) is 0 Å². The van der Waals surface area contributed by atoms with Crippen molar-refractivity contribution in [2.75, 3.05) is 13.2 Å². The van der Waals surface area contributed by atoms with Crippen LogP contribution >= 0.6 is 0 Å². The first-order chi connectivity index (χ1) is 15.7. The normalized spacial score (nSPS) is 14.4. The molecule has 1 atom stereocenters. The molecule has 5 heteroatoms. The lowest BCUT2D eigenvalue weighted by Crippen LogP contribution is -2.32. The van der Waals surface area contributed by atoms with E-state index in [9.17, 15) is 9.90 Å². The number of fused-ring (bicyclic) bond motifs is 1. The SMILES string of the molecule is O=c1c(-c2ccccc2)c(-c2ccccc2)oc2cc(OCC(O)CNC3CC3)ccc12. The lowest BCUT2D eigenvalue weighted by Gasteiger charge is -2.14. The van der Waals surface area contributed by atoms with Crippen LogP contribution in [0.25, 0.3) is 33.4 Å². The van der Waals surface area contributed by atoms with Crippen molar-refractivity contribution < 1.29 is 14.3 Å². The molecule has 0 saturated heterocycles. The molecule has 32 heavy (non-hydrogen) atoms. The van der Waals surface area contributed by atoms with E-state index in [-0.39, 0.29) is 12.0 Å². The van der Waals surface area contributed by atoms with E-state index in [1.165, 1.54) is 12.8 Å². The Hall–Kier alpha value is -3.41. The summed E-state index contributed by atoms with van der Waals surface area (Å²) in [6.07, 6.45) is 1.75. The summed E-state index contributed by atoms with van der Waals surface area (Å²) in [5.41, 5.74) is 2.56. The van der Waals surface area contributed by atoms with E-state index in [1.807, 2.05) is 60.7 Å². The zero-order chi connectivity index (χ0) is 21.9. The second kappa shape index (κ2) is 8.99. The fourth-order valence-corrected chi connectivity index (χ4v) is 3.76. The number of nitrogens with one attached hydrogen (secondary N) is 1. The third kappa shape index (κ3) is 4.44. The van der Waals surface area contributed by atoms with Crippen LogP contribution in [0.1, 0.15) is 12.8 Å². The first kappa shape index (κ1) is 20.5. The van der Waals surface area contributed by atoms with Crippen LogP contribution in [-0.4, -0.2) is 30.4 Å². The molecule has 1 aliphatic carbocycles. The molecule has 2 N–H and O–H groups in total. The fraction of sp³-hybridized carbons (Fsp3) is 0.222. The minimum absolute atomic E-state index is 0.0866. The number of aliphatic hydroxyl groups is 1. The van der Waals surface area contributed by atoms with Crippen molar-refractivity contribution in [3.63, 3.8) is 0 Å². The molecule has 1 aliphatic rings. The van der Waals surface area contributed by atoms with Crippen molar-refractivity contribution in [1.82, 2.24) is 5.32 Å². The maximum absolute atomic E-state index is 13.5. The summed E-state index contributed by atoms with van der Waals surface area (Å²) in [6, 6.07) is 24.9. The van der Waals surface area contributed by atoms with Gasteiger partial charge in [0.05, 0.1) is 10.9 Å². The first-order valence-electron chi connectivity index (χ1n) is 10.9. The van der Waals surface area contributed by atoms with Crippen LogP contribution in [0.15, 0.2) is 88.1 Å². The van der Waals surface area contributed by atoms with Gasteiger partial charge in [-0.3, -0.25) is 4.79 Å². The van der Waals surface area contributed by atoms with E-state index in [4.69, 9.17) is 9.15 Å². The Balaban J connectivity index is 1.51.